The van der Waals surface area contributed by atoms with E-state index in [2.05, 4.69) is 37.0 Å². The Hall–Kier alpha value is -3.26. The van der Waals surface area contributed by atoms with Gasteiger partial charge in [0.05, 0.1) is 22.9 Å². The summed E-state index contributed by atoms with van der Waals surface area (Å²) in [7, 11) is 1.60. The highest BCUT2D eigenvalue weighted by Gasteiger charge is 2.23. The molecule has 31 heavy (non-hydrogen) atoms. The van der Waals surface area contributed by atoms with Crippen LogP contribution in [0.3, 0.4) is 0 Å². The zero-order valence-corrected chi connectivity index (χ0v) is 18.2. The Morgan fingerprint density at radius 3 is 2.58 bits per heavy atom. The summed E-state index contributed by atoms with van der Waals surface area (Å²) in [5.74, 6) is -0.179. The number of H-pyrrole nitrogens is 1. The number of nitrogens with one attached hydrogen (secondary N) is 2. The van der Waals surface area contributed by atoms with E-state index >= 15 is 0 Å². The number of hydrogen-bond acceptors (Lipinski definition) is 6. The van der Waals surface area contributed by atoms with Crippen LogP contribution in [0, 0.1) is 0 Å². The Morgan fingerprint density at radius 2 is 1.94 bits per heavy atom. The lowest BCUT2D eigenvalue weighted by atomic mass is 10.1. The molecule has 1 saturated heterocycles. The van der Waals surface area contributed by atoms with E-state index in [1.807, 2.05) is 31.3 Å². The minimum Gasteiger partial charge on any atom is -0.368 e. The first-order valence-corrected chi connectivity index (χ1v) is 10.7. The highest BCUT2D eigenvalue weighted by atomic mass is 16.1. The zero-order valence-electron chi connectivity index (χ0n) is 18.2. The highest BCUT2D eigenvalue weighted by Crippen LogP contribution is 2.25. The van der Waals surface area contributed by atoms with Gasteiger partial charge in [0.2, 0.25) is 0 Å². The summed E-state index contributed by atoms with van der Waals surface area (Å²) in [6.07, 6.45) is 4.37. The van der Waals surface area contributed by atoms with Gasteiger partial charge in [-0.05, 0) is 43.2 Å². The van der Waals surface area contributed by atoms with Crippen LogP contribution in [0.2, 0.25) is 0 Å². The van der Waals surface area contributed by atoms with Crippen LogP contribution < -0.4 is 15.8 Å². The summed E-state index contributed by atoms with van der Waals surface area (Å²) < 4.78 is 0. The monoisotopic (exact) mass is 420 g/mol. The van der Waals surface area contributed by atoms with E-state index in [4.69, 9.17) is 0 Å². The van der Waals surface area contributed by atoms with Crippen LogP contribution in [0.4, 0.5) is 5.69 Å². The summed E-state index contributed by atoms with van der Waals surface area (Å²) in [5.41, 5.74) is 4.87. The Balaban J connectivity index is 1.43. The topological polar surface area (TPSA) is 94.2 Å². The van der Waals surface area contributed by atoms with E-state index in [9.17, 15) is 9.59 Å². The first kappa shape index (κ1) is 21.0. The molecule has 162 valence electrons. The number of aromatic amines is 1. The lowest BCUT2D eigenvalue weighted by molar-refractivity contribution is 0.0958. The van der Waals surface area contributed by atoms with Crippen LogP contribution in [0.5, 0.6) is 0 Å². The molecule has 1 aliphatic heterocycles. The van der Waals surface area contributed by atoms with Gasteiger partial charge in [0.1, 0.15) is 5.69 Å². The Bertz CT molecular complexity index is 1130. The molecule has 3 aromatic rings. The van der Waals surface area contributed by atoms with Crippen molar-refractivity contribution < 1.29 is 4.79 Å². The summed E-state index contributed by atoms with van der Waals surface area (Å²) >= 11 is 0. The Kier molecular flexibility index (Phi) is 5.99. The average Bonchev–Trinajstić information content (AvgIpc) is 2.82. The van der Waals surface area contributed by atoms with E-state index in [1.54, 1.807) is 19.3 Å². The number of piperazine rings is 1. The fourth-order valence-electron chi connectivity index (χ4n) is 4.04. The van der Waals surface area contributed by atoms with Crippen LogP contribution in [0.15, 0.2) is 41.5 Å². The molecule has 8 heteroatoms. The van der Waals surface area contributed by atoms with Crippen LogP contribution in [-0.4, -0.2) is 59.0 Å². The molecule has 0 radical (unpaired) electrons. The number of carbonyl (C=O) groups excluding carboxylic acids is 1. The summed E-state index contributed by atoms with van der Waals surface area (Å²) in [4.78, 5) is 40.4. The SMILES string of the molecule is CCc1cc2ncc(C(C)N3CCN(c4ccc(C(=O)NC)nc4)CC3)cc2[nH]c1=O. The van der Waals surface area contributed by atoms with Crippen molar-refractivity contribution in [3.8, 4) is 0 Å². The first-order valence-electron chi connectivity index (χ1n) is 10.7. The maximum absolute atomic E-state index is 12.2. The van der Waals surface area contributed by atoms with Gasteiger partial charge in [-0.3, -0.25) is 19.5 Å². The van der Waals surface area contributed by atoms with Crippen molar-refractivity contribution in [2.45, 2.75) is 26.3 Å². The molecule has 3 aromatic heterocycles. The molecule has 1 fully saturated rings. The molecule has 2 N–H and O–H groups in total. The van der Waals surface area contributed by atoms with Crippen molar-refractivity contribution >= 4 is 22.6 Å². The van der Waals surface area contributed by atoms with Gasteiger partial charge in [0.25, 0.3) is 11.5 Å². The Labute approximate surface area is 181 Å². The van der Waals surface area contributed by atoms with Crippen LogP contribution >= 0.6 is 0 Å². The zero-order chi connectivity index (χ0) is 22.0. The molecule has 0 spiro atoms. The van der Waals surface area contributed by atoms with Crippen molar-refractivity contribution in [2.24, 2.45) is 0 Å². The maximum Gasteiger partial charge on any atom is 0.269 e. The summed E-state index contributed by atoms with van der Waals surface area (Å²) in [5, 5.41) is 2.59. The van der Waals surface area contributed by atoms with E-state index in [0.29, 0.717) is 12.1 Å². The van der Waals surface area contributed by atoms with E-state index in [0.717, 1.165) is 54.0 Å². The van der Waals surface area contributed by atoms with Gasteiger partial charge in [-0.15, -0.1) is 0 Å². The molecule has 4 rings (SSSR count). The fraction of sp³-hybridized carbons (Fsp3) is 0.391. The number of carbonyl (C=O) groups is 1. The van der Waals surface area contributed by atoms with Crippen LogP contribution in [0.25, 0.3) is 11.0 Å². The molecule has 1 amide bonds. The Morgan fingerprint density at radius 1 is 1.16 bits per heavy atom. The number of hydrogen-bond donors (Lipinski definition) is 2. The summed E-state index contributed by atoms with van der Waals surface area (Å²) in [6, 6.07) is 7.83. The van der Waals surface area contributed by atoms with Crippen molar-refractivity contribution in [3.63, 3.8) is 0 Å². The van der Waals surface area contributed by atoms with Gasteiger partial charge >= 0.3 is 0 Å². The van der Waals surface area contributed by atoms with Gasteiger partial charge in [-0.1, -0.05) is 6.92 Å². The molecule has 0 saturated carbocycles. The lowest BCUT2D eigenvalue weighted by Gasteiger charge is -2.39. The number of amides is 1. The average molecular weight is 421 g/mol. The number of anilines is 1. The molecule has 1 atom stereocenters. The first-order chi connectivity index (χ1) is 15.0. The molecule has 0 bridgehead atoms. The third-order valence-corrected chi connectivity index (χ3v) is 6.09. The molecular formula is C23H28N6O2. The molecule has 0 aromatic carbocycles. The van der Waals surface area contributed by atoms with Gasteiger partial charge in [-0.2, -0.15) is 0 Å². The minimum absolute atomic E-state index is 0.0359. The lowest BCUT2D eigenvalue weighted by Crippen LogP contribution is -2.47. The van der Waals surface area contributed by atoms with E-state index < -0.39 is 0 Å². The number of aromatic nitrogens is 3. The molecule has 1 aliphatic rings. The smallest absolute Gasteiger partial charge is 0.269 e. The second kappa shape index (κ2) is 8.85. The fourth-order valence-corrected chi connectivity index (χ4v) is 4.04. The van der Waals surface area contributed by atoms with Crippen molar-refractivity contribution in [1.82, 2.24) is 25.2 Å². The van der Waals surface area contributed by atoms with Crippen molar-refractivity contribution in [3.05, 3.63) is 63.8 Å². The van der Waals surface area contributed by atoms with Crippen molar-refractivity contribution in [2.75, 3.05) is 38.1 Å². The third kappa shape index (κ3) is 4.29. The number of aryl methyl sites for hydroxylation is 1. The van der Waals surface area contributed by atoms with E-state index in [-0.39, 0.29) is 17.5 Å². The standard InChI is InChI=1S/C23H28N6O2/c1-4-16-11-20-21(27-22(16)30)12-17(13-25-20)15(2)28-7-9-29(10-8-28)18-5-6-19(26-14-18)23(31)24-3/h5-6,11-15H,4,7-10H2,1-3H3,(H,24,31)(H,27,30). The van der Waals surface area contributed by atoms with Gasteiger partial charge in [0, 0.05) is 51.0 Å². The number of nitrogens with zero attached hydrogens (tertiary/aromatic N) is 4. The van der Waals surface area contributed by atoms with E-state index in [1.165, 1.54) is 0 Å². The number of pyridine rings is 3. The molecule has 4 heterocycles. The second-order valence-electron chi connectivity index (χ2n) is 7.86. The van der Waals surface area contributed by atoms with Crippen LogP contribution in [-0.2, 0) is 6.42 Å². The predicted molar refractivity (Wildman–Crippen MR) is 122 cm³/mol. The molecular weight excluding hydrogens is 392 g/mol. The number of rotatable bonds is 5. The molecule has 0 aliphatic carbocycles. The van der Waals surface area contributed by atoms with Crippen molar-refractivity contribution in [1.29, 1.82) is 0 Å². The molecule has 1 unspecified atom stereocenters. The largest absolute Gasteiger partial charge is 0.368 e. The number of fused-ring (bicyclic) bond motifs is 1. The second-order valence-corrected chi connectivity index (χ2v) is 7.86. The third-order valence-electron chi connectivity index (χ3n) is 6.09. The normalized spacial score (nSPS) is 15.8. The summed E-state index contributed by atoms with van der Waals surface area (Å²) in [6.45, 7) is 7.71. The van der Waals surface area contributed by atoms with Gasteiger partial charge in [-0.25, -0.2) is 4.98 Å². The molecule has 8 nitrogen and oxygen atoms in total. The van der Waals surface area contributed by atoms with Gasteiger partial charge < -0.3 is 15.2 Å². The van der Waals surface area contributed by atoms with Crippen LogP contribution in [0.1, 0.15) is 41.5 Å². The maximum atomic E-state index is 12.2. The van der Waals surface area contributed by atoms with Gasteiger partial charge in [0.15, 0.2) is 0 Å². The predicted octanol–water partition coefficient (Wildman–Crippen LogP) is 2.12. The quantitative estimate of drug-likeness (QED) is 0.657. The highest BCUT2D eigenvalue weighted by molar-refractivity contribution is 5.92. The minimum atomic E-state index is -0.179.